The molecular weight excluding hydrogens is 302 g/mol. The van der Waals surface area contributed by atoms with Crippen molar-refractivity contribution >= 4 is 43.2 Å². The maximum atomic E-state index is 11.0. The molecule has 1 aromatic rings. The highest BCUT2D eigenvalue weighted by atomic mass is 127. The summed E-state index contributed by atoms with van der Waals surface area (Å²) < 4.78 is -0.0403. The number of hydrogen-bond donors (Lipinski definition) is 0. The number of benzene rings is 1. The van der Waals surface area contributed by atoms with Crippen molar-refractivity contribution in [2.75, 3.05) is 0 Å². The molecule has 0 heterocycles. The molecule has 0 unspecified atom stereocenters. The second-order valence-electron chi connectivity index (χ2n) is 2.51. The molecule has 0 amide bonds. The van der Waals surface area contributed by atoms with E-state index in [9.17, 15) is 9.59 Å². The summed E-state index contributed by atoms with van der Waals surface area (Å²) in [6, 6.07) is 6.89. The van der Waals surface area contributed by atoms with Crippen LogP contribution in [-0.4, -0.2) is 9.03 Å². The van der Waals surface area contributed by atoms with Gasteiger partial charge in [0.2, 0.25) is 9.03 Å². The minimum atomic E-state index is -0.418. The molecule has 0 aromatic heterocycles. The van der Waals surface area contributed by atoms with Gasteiger partial charge in [0.1, 0.15) is 0 Å². The van der Waals surface area contributed by atoms with E-state index in [1.54, 1.807) is 46.9 Å². The van der Waals surface area contributed by atoms with Crippen molar-refractivity contribution in [2.24, 2.45) is 0 Å². The monoisotopic (exact) mass is 308 g/mol. The van der Waals surface area contributed by atoms with E-state index in [0.717, 1.165) is 5.56 Å². The fourth-order valence-corrected chi connectivity index (χ4v) is 1.45. The molecule has 0 aliphatic carbocycles. The Kier molecular flexibility index (Phi) is 3.87. The lowest BCUT2D eigenvalue weighted by Crippen LogP contribution is -1.95. The number of rotatable bonds is 3. The van der Waals surface area contributed by atoms with E-state index in [0.29, 0.717) is 5.56 Å². The van der Waals surface area contributed by atoms with E-state index in [1.807, 2.05) is 0 Å². The van der Waals surface area contributed by atoms with Crippen LogP contribution in [0, 0.1) is 0 Å². The van der Waals surface area contributed by atoms with Gasteiger partial charge in [0, 0.05) is 34.6 Å². The van der Waals surface area contributed by atoms with Gasteiger partial charge in [-0.25, -0.2) is 0 Å². The van der Waals surface area contributed by atoms with Gasteiger partial charge in [-0.05, 0) is 23.2 Å². The Morgan fingerprint density at radius 2 is 2.08 bits per heavy atom. The SMILES string of the molecule is O=C(Cl)Cc1cccc(C(=O)I)c1. The van der Waals surface area contributed by atoms with Crippen molar-refractivity contribution in [1.82, 2.24) is 0 Å². The van der Waals surface area contributed by atoms with Crippen LogP contribution >= 0.6 is 34.2 Å². The van der Waals surface area contributed by atoms with E-state index in [4.69, 9.17) is 11.6 Å². The Hall–Kier alpha value is -0.420. The van der Waals surface area contributed by atoms with Crippen molar-refractivity contribution in [3.63, 3.8) is 0 Å². The molecule has 0 bridgehead atoms. The van der Waals surface area contributed by atoms with Crippen LogP contribution in [0.4, 0.5) is 0 Å². The third-order valence-corrected chi connectivity index (χ3v) is 2.25. The molecule has 0 N–H and O–H groups in total. The van der Waals surface area contributed by atoms with E-state index >= 15 is 0 Å². The number of carbonyl (C=O) groups is 2. The van der Waals surface area contributed by atoms with Gasteiger partial charge in [0.15, 0.2) is 0 Å². The van der Waals surface area contributed by atoms with E-state index in [2.05, 4.69) is 0 Å². The highest BCUT2D eigenvalue weighted by Crippen LogP contribution is 2.10. The molecule has 0 saturated carbocycles. The van der Waals surface area contributed by atoms with Gasteiger partial charge in [-0.1, -0.05) is 18.2 Å². The van der Waals surface area contributed by atoms with Crippen LogP contribution in [0.15, 0.2) is 24.3 Å². The molecule has 68 valence electrons. The smallest absolute Gasteiger partial charge is 0.226 e. The van der Waals surface area contributed by atoms with Crippen LogP contribution in [0.25, 0.3) is 0 Å². The highest BCUT2D eigenvalue weighted by Gasteiger charge is 2.03. The Bertz CT molecular complexity index is 349. The molecule has 13 heavy (non-hydrogen) atoms. The van der Waals surface area contributed by atoms with Gasteiger partial charge in [-0.15, -0.1) is 0 Å². The van der Waals surface area contributed by atoms with Crippen molar-refractivity contribution in [2.45, 2.75) is 6.42 Å². The minimum absolute atomic E-state index is 0.0403. The molecular formula is C9H6ClIO2. The summed E-state index contributed by atoms with van der Waals surface area (Å²) in [6.07, 6.45) is 0.166. The first-order valence-corrected chi connectivity index (χ1v) is 5.02. The van der Waals surface area contributed by atoms with Crippen LogP contribution in [0.1, 0.15) is 15.9 Å². The zero-order chi connectivity index (χ0) is 9.84. The van der Waals surface area contributed by atoms with Gasteiger partial charge < -0.3 is 0 Å². The van der Waals surface area contributed by atoms with Gasteiger partial charge in [0.25, 0.3) is 0 Å². The third kappa shape index (κ3) is 3.44. The largest absolute Gasteiger partial charge is 0.282 e. The molecule has 0 fully saturated rings. The first kappa shape index (κ1) is 10.7. The maximum absolute atomic E-state index is 11.0. The third-order valence-electron chi connectivity index (χ3n) is 1.50. The Labute approximate surface area is 94.4 Å². The summed E-state index contributed by atoms with van der Waals surface area (Å²) in [5.74, 6) is 0. The quantitative estimate of drug-likeness (QED) is 0.635. The Balaban J connectivity index is 2.91. The zero-order valence-electron chi connectivity index (χ0n) is 6.59. The average molecular weight is 309 g/mol. The zero-order valence-corrected chi connectivity index (χ0v) is 9.50. The van der Waals surface area contributed by atoms with E-state index in [-0.39, 0.29) is 10.2 Å². The second-order valence-corrected chi connectivity index (χ2v) is 3.91. The Morgan fingerprint density at radius 3 is 2.62 bits per heavy atom. The predicted molar refractivity (Wildman–Crippen MR) is 59.4 cm³/mol. The lowest BCUT2D eigenvalue weighted by Gasteiger charge is -1.98. The van der Waals surface area contributed by atoms with Crippen LogP contribution in [0.5, 0.6) is 0 Å². The summed E-state index contributed by atoms with van der Waals surface area (Å²) >= 11 is 6.92. The standard InChI is InChI=1S/C9H6ClIO2/c10-8(12)5-6-2-1-3-7(4-6)9(11)13/h1-4H,5H2. The van der Waals surface area contributed by atoms with Gasteiger partial charge in [-0.3, -0.25) is 9.59 Å². The lowest BCUT2D eigenvalue weighted by molar-refractivity contribution is -0.111. The minimum Gasteiger partial charge on any atom is -0.282 e. The molecule has 1 aromatic carbocycles. The molecule has 0 atom stereocenters. The fourth-order valence-electron chi connectivity index (χ4n) is 0.964. The maximum Gasteiger partial charge on any atom is 0.226 e. The number of halogens is 2. The molecule has 0 spiro atoms. The average Bonchev–Trinajstić information content (AvgIpc) is 2.03. The normalized spacial score (nSPS) is 9.69. The van der Waals surface area contributed by atoms with Crippen LogP contribution < -0.4 is 0 Å². The van der Waals surface area contributed by atoms with Gasteiger partial charge in [0.05, 0.1) is 0 Å². The highest BCUT2D eigenvalue weighted by molar-refractivity contribution is 14.1. The molecule has 0 radical (unpaired) electrons. The van der Waals surface area contributed by atoms with Crippen LogP contribution in [0.2, 0.25) is 0 Å². The first-order valence-electron chi connectivity index (χ1n) is 3.56. The molecule has 2 nitrogen and oxygen atoms in total. The number of hydrogen-bond acceptors (Lipinski definition) is 2. The lowest BCUT2D eigenvalue weighted by atomic mass is 10.1. The van der Waals surface area contributed by atoms with Crippen molar-refractivity contribution < 1.29 is 9.59 Å². The van der Waals surface area contributed by atoms with Crippen LogP contribution in [0.3, 0.4) is 0 Å². The van der Waals surface area contributed by atoms with Gasteiger partial charge >= 0.3 is 0 Å². The van der Waals surface area contributed by atoms with Gasteiger partial charge in [-0.2, -0.15) is 0 Å². The first-order chi connectivity index (χ1) is 6.09. The summed E-state index contributed by atoms with van der Waals surface area (Å²) in [6.45, 7) is 0. The summed E-state index contributed by atoms with van der Waals surface area (Å²) in [7, 11) is 0. The van der Waals surface area contributed by atoms with Crippen molar-refractivity contribution in [1.29, 1.82) is 0 Å². The molecule has 0 saturated heterocycles. The fraction of sp³-hybridized carbons (Fsp3) is 0.111. The summed E-state index contributed by atoms with van der Waals surface area (Å²) in [5, 5.41) is -0.418. The van der Waals surface area contributed by atoms with E-state index < -0.39 is 5.24 Å². The van der Waals surface area contributed by atoms with Crippen molar-refractivity contribution in [3.05, 3.63) is 35.4 Å². The summed E-state index contributed by atoms with van der Waals surface area (Å²) in [5.41, 5.74) is 1.36. The number of carbonyl (C=O) groups excluding carboxylic acids is 2. The van der Waals surface area contributed by atoms with E-state index in [1.165, 1.54) is 0 Å². The van der Waals surface area contributed by atoms with Crippen molar-refractivity contribution in [3.8, 4) is 0 Å². The summed E-state index contributed by atoms with van der Waals surface area (Å²) in [4.78, 5) is 21.5. The second kappa shape index (κ2) is 4.72. The molecule has 1 rings (SSSR count). The molecule has 0 aliphatic heterocycles. The molecule has 0 aliphatic rings. The Morgan fingerprint density at radius 1 is 1.38 bits per heavy atom. The predicted octanol–water partition coefficient (Wildman–Crippen LogP) is 2.57. The van der Waals surface area contributed by atoms with Crippen LogP contribution in [-0.2, 0) is 11.2 Å². The molecule has 4 heteroatoms. The topological polar surface area (TPSA) is 34.1 Å².